The van der Waals surface area contributed by atoms with Gasteiger partial charge in [0.2, 0.25) is 5.95 Å². The van der Waals surface area contributed by atoms with Gasteiger partial charge in [0.1, 0.15) is 5.69 Å². The van der Waals surface area contributed by atoms with Gasteiger partial charge in [0, 0.05) is 37.4 Å². The standard InChI is InChI=1S/C19H15F3N6O2/c1-11-10-28(18-24-7-12(8-25-18)19(20,21)22)17(30)15-14(4-6-27(11)15)16(29)26-13-3-2-5-23-9-13/h2-9,11H,10H2,1H3,(H,26,29)/t11-/m0/s1. The second kappa shape index (κ2) is 7.25. The number of pyridine rings is 1. The van der Waals surface area contributed by atoms with Crippen molar-refractivity contribution in [2.24, 2.45) is 0 Å². The van der Waals surface area contributed by atoms with Crippen LogP contribution in [0.25, 0.3) is 0 Å². The van der Waals surface area contributed by atoms with Gasteiger partial charge in [-0.3, -0.25) is 19.5 Å². The van der Waals surface area contributed by atoms with Gasteiger partial charge in [-0.15, -0.1) is 0 Å². The van der Waals surface area contributed by atoms with Gasteiger partial charge >= 0.3 is 6.18 Å². The molecule has 0 bridgehead atoms. The molecule has 0 aliphatic carbocycles. The maximum atomic E-state index is 13.1. The Morgan fingerprint density at radius 3 is 2.57 bits per heavy atom. The SMILES string of the molecule is C[C@H]1CN(c2ncc(C(F)(F)F)cn2)C(=O)c2c(C(=O)Nc3cccnc3)ccn21. The van der Waals surface area contributed by atoms with Crippen LogP contribution in [0.1, 0.15) is 39.4 Å². The molecule has 0 saturated carbocycles. The number of fused-ring (bicyclic) bond motifs is 1. The van der Waals surface area contributed by atoms with Crippen molar-refractivity contribution in [3.8, 4) is 0 Å². The smallest absolute Gasteiger partial charge is 0.338 e. The lowest BCUT2D eigenvalue weighted by atomic mass is 10.1. The molecular weight excluding hydrogens is 401 g/mol. The highest BCUT2D eigenvalue weighted by molar-refractivity contribution is 6.15. The Morgan fingerprint density at radius 2 is 1.93 bits per heavy atom. The Hall–Kier alpha value is -3.76. The second-order valence-corrected chi connectivity index (χ2v) is 6.72. The number of amides is 2. The average Bonchev–Trinajstić information content (AvgIpc) is 3.17. The van der Waals surface area contributed by atoms with E-state index in [1.165, 1.54) is 17.2 Å². The largest absolute Gasteiger partial charge is 0.419 e. The van der Waals surface area contributed by atoms with Gasteiger partial charge in [-0.2, -0.15) is 13.2 Å². The maximum absolute atomic E-state index is 13.1. The number of aromatic nitrogens is 4. The third kappa shape index (κ3) is 3.49. The average molecular weight is 416 g/mol. The van der Waals surface area contributed by atoms with E-state index in [1.807, 2.05) is 6.92 Å². The van der Waals surface area contributed by atoms with Crippen LogP contribution in [0.3, 0.4) is 0 Å². The van der Waals surface area contributed by atoms with Gasteiger partial charge < -0.3 is 9.88 Å². The Balaban J connectivity index is 1.65. The topological polar surface area (TPSA) is 93.0 Å². The minimum Gasteiger partial charge on any atom is -0.338 e. The number of anilines is 2. The zero-order valence-corrected chi connectivity index (χ0v) is 15.6. The summed E-state index contributed by atoms with van der Waals surface area (Å²) >= 11 is 0. The van der Waals surface area contributed by atoms with Crippen LogP contribution in [-0.4, -0.2) is 37.9 Å². The van der Waals surface area contributed by atoms with Gasteiger partial charge in [-0.05, 0) is 25.1 Å². The quantitative estimate of drug-likeness (QED) is 0.708. The first-order valence-corrected chi connectivity index (χ1v) is 8.89. The lowest BCUT2D eigenvalue weighted by Crippen LogP contribution is -2.43. The van der Waals surface area contributed by atoms with Gasteiger partial charge in [0.15, 0.2) is 0 Å². The number of hydrogen-bond acceptors (Lipinski definition) is 5. The number of carbonyl (C=O) groups is 2. The molecule has 8 nitrogen and oxygen atoms in total. The first-order valence-electron chi connectivity index (χ1n) is 8.89. The fraction of sp³-hybridized carbons (Fsp3) is 0.211. The molecule has 1 atom stereocenters. The van der Waals surface area contributed by atoms with Crippen molar-refractivity contribution in [1.82, 2.24) is 19.5 Å². The Kier molecular flexibility index (Phi) is 4.72. The molecule has 1 N–H and O–H groups in total. The predicted molar refractivity (Wildman–Crippen MR) is 100 cm³/mol. The molecule has 0 spiro atoms. The summed E-state index contributed by atoms with van der Waals surface area (Å²) in [5.74, 6) is -1.24. The zero-order chi connectivity index (χ0) is 21.5. The fourth-order valence-electron chi connectivity index (χ4n) is 3.20. The number of halogens is 3. The van der Waals surface area contributed by atoms with E-state index in [9.17, 15) is 22.8 Å². The van der Waals surface area contributed by atoms with Crippen molar-refractivity contribution >= 4 is 23.5 Å². The van der Waals surface area contributed by atoms with E-state index in [0.717, 1.165) is 0 Å². The number of alkyl halides is 3. The van der Waals surface area contributed by atoms with Crippen LogP contribution in [0.15, 0.2) is 49.2 Å². The van der Waals surface area contributed by atoms with Crippen molar-refractivity contribution in [2.75, 3.05) is 16.8 Å². The van der Waals surface area contributed by atoms with E-state index in [0.29, 0.717) is 18.1 Å². The van der Waals surface area contributed by atoms with Crippen molar-refractivity contribution in [3.63, 3.8) is 0 Å². The van der Waals surface area contributed by atoms with E-state index in [4.69, 9.17) is 0 Å². The summed E-state index contributed by atoms with van der Waals surface area (Å²) in [6.45, 7) is 1.96. The highest BCUT2D eigenvalue weighted by Crippen LogP contribution is 2.30. The zero-order valence-electron chi connectivity index (χ0n) is 15.6. The predicted octanol–water partition coefficient (Wildman–Crippen LogP) is 3.17. The first-order chi connectivity index (χ1) is 14.3. The van der Waals surface area contributed by atoms with Crippen LogP contribution in [-0.2, 0) is 6.18 Å². The minimum atomic E-state index is -4.58. The summed E-state index contributed by atoms with van der Waals surface area (Å²) in [4.78, 5) is 38.3. The van der Waals surface area contributed by atoms with E-state index in [-0.39, 0.29) is 29.8 Å². The molecule has 0 fully saturated rings. The molecule has 154 valence electrons. The van der Waals surface area contributed by atoms with E-state index in [2.05, 4.69) is 20.3 Å². The molecule has 4 rings (SSSR count). The highest BCUT2D eigenvalue weighted by Gasteiger charge is 2.36. The number of carbonyl (C=O) groups excluding carboxylic acids is 2. The normalized spacial score (nSPS) is 16.3. The lowest BCUT2D eigenvalue weighted by molar-refractivity contribution is -0.138. The molecule has 0 aromatic carbocycles. The Labute approximate surface area is 168 Å². The van der Waals surface area contributed by atoms with Crippen LogP contribution in [0, 0.1) is 0 Å². The molecule has 4 heterocycles. The van der Waals surface area contributed by atoms with Crippen molar-refractivity contribution in [2.45, 2.75) is 19.1 Å². The summed E-state index contributed by atoms with van der Waals surface area (Å²) < 4.78 is 39.9. The molecular formula is C19H15F3N6O2. The van der Waals surface area contributed by atoms with Gasteiger partial charge in [-0.1, -0.05) is 0 Å². The molecule has 11 heteroatoms. The van der Waals surface area contributed by atoms with E-state index < -0.39 is 23.6 Å². The lowest BCUT2D eigenvalue weighted by Gasteiger charge is -2.32. The van der Waals surface area contributed by atoms with Crippen LogP contribution >= 0.6 is 0 Å². The Bertz CT molecular complexity index is 1100. The molecule has 0 radical (unpaired) electrons. The minimum absolute atomic E-state index is 0.110. The molecule has 2 amide bonds. The summed E-state index contributed by atoms with van der Waals surface area (Å²) in [6, 6.07) is 4.58. The molecule has 0 unspecified atom stereocenters. The first kappa shape index (κ1) is 19.6. The van der Waals surface area contributed by atoms with Crippen LogP contribution < -0.4 is 10.2 Å². The number of nitrogens with zero attached hydrogens (tertiary/aromatic N) is 5. The summed E-state index contributed by atoms with van der Waals surface area (Å²) in [5, 5.41) is 2.67. The summed E-state index contributed by atoms with van der Waals surface area (Å²) in [5.41, 5.74) is -0.309. The summed E-state index contributed by atoms with van der Waals surface area (Å²) in [6.07, 6.45) is 1.33. The van der Waals surface area contributed by atoms with E-state index >= 15 is 0 Å². The van der Waals surface area contributed by atoms with Crippen molar-refractivity contribution in [3.05, 3.63) is 66.0 Å². The number of rotatable bonds is 3. The molecule has 1 aliphatic heterocycles. The molecule has 0 saturated heterocycles. The van der Waals surface area contributed by atoms with Gasteiger partial charge in [0.05, 0.1) is 23.0 Å². The fourth-order valence-corrected chi connectivity index (χ4v) is 3.20. The maximum Gasteiger partial charge on any atom is 0.419 e. The Morgan fingerprint density at radius 1 is 1.20 bits per heavy atom. The van der Waals surface area contributed by atoms with Crippen LogP contribution in [0.5, 0.6) is 0 Å². The number of hydrogen-bond donors (Lipinski definition) is 1. The monoisotopic (exact) mass is 416 g/mol. The third-order valence-corrected chi connectivity index (χ3v) is 4.66. The second-order valence-electron chi connectivity index (χ2n) is 6.72. The van der Waals surface area contributed by atoms with Gasteiger partial charge in [0.25, 0.3) is 11.8 Å². The highest BCUT2D eigenvalue weighted by atomic mass is 19.4. The summed E-state index contributed by atoms with van der Waals surface area (Å²) in [7, 11) is 0. The van der Waals surface area contributed by atoms with E-state index in [1.54, 1.807) is 29.1 Å². The molecule has 3 aromatic rings. The van der Waals surface area contributed by atoms with Crippen molar-refractivity contribution in [1.29, 1.82) is 0 Å². The van der Waals surface area contributed by atoms with Crippen LogP contribution in [0.4, 0.5) is 24.8 Å². The molecule has 30 heavy (non-hydrogen) atoms. The van der Waals surface area contributed by atoms with Crippen LogP contribution in [0.2, 0.25) is 0 Å². The molecule has 3 aromatic heterocycles. The molecule has 1 aliphatic rings. The number of nitrogens with one attached hydrogen (secondary N) is 1. The van der Waals surface area contributed by atoms with Crippen molar-refractivity contribution < 1.29 is 22.8 Å². The van der Waals surface area contributed by atoms with Gasteiger partial charge in [-0.25, -0.2) is 9.97 Å². The third-order valence-electron chi connectivity index (χ3n) is 4.66.